The molecular formula is C44H43N5O5S3. The number of likely N-dealkylation sites (tertiary alicyclic amines) is 1. The summed E-state index contributed by atoms with van der Waals surface area (Å²) >= 11 is 4.93. The van der Waals surface area contributed by atoms with E-state index in [0.717, 1.165) is 61.7 Å². The zero-order chi connectivity index (χ0) is 39.2. The number of aliphatic imine (C=N–C) groups is 1. The highest BCUT2D eigenvalue weighted by Crippen LogP contribution is 2.44. The van der Waals surface area contributed by atoms with Crippen molar-refractivity contribution in [3.05, 3.63) is 132 Å². The second-order valence-corrected chi connectivity index (χ2v) is 18.0. The van der Waals surface area contributed by atoms with Crippen LogP contribution >= 0.6 is 34.4 Å². The molecule has 0 saturated carbocycles. The third-order valence-electron chi connectivity index (χ3n) is 11.3. The quantitative estimate of drug-likeness (QED) is 0.146. The van der Waals surface area contributed by atoms with Gasteiger partial charge in [0.05, 0.1) is 48.2 Å². The number of fused-ring (bicyclic) bond motifs is 4. The van der Waals surface area contributed by atoms with Gasteiger partial charge in [0.25, 0.3) is 11.5 Å². The maximum absolute atomic E-state index is 14.3. The summed E-state index contributed by atoms with van der Waals surface area (Å²) < 4.78 is 15.4. The van der Waals surface area contributed by atoms with Crippen LogP contribution < -0.4 is 20.7 Å². The van der Waals surface area contributed by atoms with E-state index in [1.54, 1.807) is 23.0 Å². The lowest BCUT2D eigenvalue weighted by Crippen LogP contribution is -2.46. The fraction of sp³-hybridized carbons (Fsp3) is 0.341. The largest absolute Gasteiger partial charge is 0.493 e. The van der Waals surface area contributed by atoms with E-state index in [2.05, 4.69) is 17.1 Å². The molecule has 0 aliphatic carbocycles. The Balaban J connectivity index is 0.966. The first-order valence-electron chi connectivity index (χ1n) is 19.5. The summed E-state index contributed by atoms with van der Waals surface area (Å²) in [6.45, 7) is 5.62. The minimum absolute atomic E-state index is 0.0664. The topological polar surface area (TPSA) is 108 Å². The number of piperidine rings is 1. The number of ether oxygens (including phenoxy) is 2. The average Bonchev–Trinajstić information content (AvgIpc) is 3.89. The molecule has 2 fully saturated rings. The van der Waals surface area contributed by atoms with Crippen LogP contribution in [0.15, 0.2) is 92.8 Å². The van der Waals surface area contributed by atoms with Crippen molar-refractivity contribution < 1.29 is 14.3 Å². The average molecular weight is 818 g/mol. The number of rotatable bonds is 9. The van der Waals surface area contributed by atoms with Crippen molar-refractivity contribution in [3.8, 4) is 21.9 Å². The number of carbonyl (C=O) groups excluding carboxylic acids is 1. The molecule has 0 unspecified atom stereocenters. The highest BCUT2D eigenvalue weighted by atomic mass is 32.2. The van der Waals surface area contributed by atoms with Gasteiger partial charge >= 0.3 is 5.69 Å². The molecule has 57 heavy (non-hydrogen) atoms. The lowest BCUT2D eigenvalue weighted by atomic mass is 9.81. The molecule has 3 aliphatic rings. The van der Waals surface area contributed by atoms with Crippen LogP contribution in [0.2, 0.25) is 0 Å². The van der Waals surface area contributed by atoms with Gasteiger partial charge in [-0.1, -0.05) is 42.5 Å². The number of hydrogen-bond donors (Lipinski definition) is 0. The molecule has 2 saturated heterocycles. The smallest absolute Gasteiger partial charge is 0.332 e. The van der Waals surface area contributed by atoms with Crippen LogP contribution in [-0.4, -0.2) is 75.0 Å². The number of carbonyl (C=O) groups is 1. The molecule has 3 aliphatic heterocycles. The molecule has 2 atom stereocenters. The number of amides is 1. The minimum Gasteiger partial charge on any atom is -0.493 e. The van der Waals surface area contributed by atoms with E-state index in [-0.39, 0.29) is 35.8 Å². The first kappa shape index (κ1) is 37.6. The lowest BCUT2D eigenvalue weighted by Gasteiger charge is -2.35. The molecule has 1 amide bonds. The van der Waals surface area contributed by atoms with E-state index in [0.29, 0.717) is 60.0 Å². The van der Waals surface area contributed by atoms with Gasteiger partial charge in [-0.05, 0) is 80.3 Å². The van der Waals surface area contributed by atoms with E-state index in [4.69, 9.17) is 14.5 Å². The lowest BCUT2D eigenvalue weighted by molar-refractivity contribution is 0.0691. The number of aromatic nitrogens is 3. The molecule has 13 heteroatoms. The van der Waals surface area contributed by atoms with Gasteiger partial charge in [-0.15, -0.1) is 22.7 Å². The van der Waals surface area contributed by atoms with Crippen molar-refractivity contribution in [1.29, 1.82) is 0 Å². The fourth-order valence-electron chi connectivity index (χ4n) is 8.47. The SMILES string of the molecule is CCOc1cc2c(cc1OC)C(c1ccc(C(=O)N3CCC(n4c(=O)c5sc(-c6ccccc6)cc5n(Cc5csc(C)n5)c4=O)CC3)cc1)=N[C@@H]1CCSC[C@H]21. The Morgan fingerprint density at radius 3 is 2.46 bits per heavy atom. The van der Waals surface area contributed by atoms with Gasteiger partial charge in [0.15, 0.2) is 11.5 Å². The standard InChI is InChI=1S/C44H43N5O5S3/c1-4-54-38-20-32-33(21-37(38)53-3)40(46-35-16-19-55-25-34(32)35)28-10-12-29(13-11-28)42(50)47-17-14-31(15-18-47)49-43(51)41-36(22-39(57-41)27-8-6-5-7-9-27)48(44(49)52)23-30-24-56-26(2)45-30/h5-13,20-22,24,31,34-35H,4,14-19,23,25H2,1-3H3/t34-,35-/m1/s1. The van der Waals surface area contributed by atoms with E-state index >= 15 is 0 Å². The number of thioether (sulfide) groups is 1. The fourth-order valence-corrected chi connectivity index (χ4v) is 11.4. The Morgan fingerprint density at radius 1 is 0.947 bits per heavy atom. The summed E-state index contributed by atoms with van der Waals surface area (Å²) in [5, 5.41) is 2.89. The molecule has 6 aromatic rings. The molecule has 3 aromatic heterocycles. The molecule has 0 bridgehead atoms. The zero-order valence-electron chi connectivity index (χ0n) is 32.1. The maximum Gasteiger partial charge on any atom is 0.332 e. The molecule has 0 spiro atoms. The normalized spacial score (nSPS) is 18.2. The highest BCUT2D eigenvalue weighted by Gasteiger charge is 2.35. The number of nitrogens with zero attached hydrogens (tertiary/aromatic N) is 5. The number of thiazole rings is 1. The van der Waals surface area contributed by atoms with E-state index in [9.17, 15) is 14.4 Å². The molecule has 3 aromatic carbocycles. The Bertz CT molecular complexity index is 2620. The summed E-state index contributed by atoms with van der Waals surface area (Å²) in [6.07, 6.45) is 2.01. The van der Waals surface area contributed by atoms with Gasteiger partial charge in [0.2, 0.25) is 0 Å². The Kier molecular flexibility index (Phi) is 10.4. The predicted octanol–water partition coefficient (Wildman–Crippen LogP) is 8.03. The number of methoxy groups -OCH3 is 1. The monoisotopic (exact) mass is 817 g/mol. The van der Waals surface area contributed by atoms with Crippen LogP contribution in [0.25, 0.3) is 20.7 Å². The third-order valence-corrected chi connectivity index (χ3v) is 14.4. The molecule has 10 nitrogen and oxygen atoms in total. The molecule has 292 valence electrons. The molecule has 6 heterocycles. The Labute approximate surface area is 342 Å². The van der Waals surface area contributed by atoms with Gasteiger partial charge in [-0.25, -0.2) is 9.78 Å². The second kappa shape index (κ2) is 15.8. The van der Waals surface area contributed by atoms with Crippen molar-refractivity contribution in [2.75, 3.05) is 38.3 Å². The number of thiophene rings is 1. The number of hydrogen-bond acceptors (Lipinski definition) is 10. The van der Waals surface area contributed by atoms with Crippen molar-refractivity contribution >= 4 is 56.3 Å². The van der Waals surface area contributed by atoms with Crippen molar-refractivity contribution in [2.45, 2.75) is 57.7 Å². The highest BCUT2D eigenvalue weighted by molar-refractivity contribution is 7.99. The van der Waals surface area contributed by atoms with Gasteiger partial charge in [-0.3, -0.25) is 23.7 Å². The summed E-state index contributed by atoms with van der Waals surface area (Å²) in [7, 11) is 1.66. The first-order chi connectivity index (χ1) is 27.8. The second-order valence-electron chi connectivity index (χ2n) is 14.7. The van der Waals surface area contributed by atoms with Gasteiger partial charge < -0.3 is 14.4 Å². The number of aryl methyl sites for hydroxylation is 1. The van der Waals surface area contributed by atoms with Crippen LogP contribution in [0.4, 0.5) is 0 Å². The summed E-state index contributed by atoms with van der Waals surface area (Å²) in [6, 6.07) is 23.7. The third kappa shape index (κ3) is 7.03. The summed E-state index contributed by atoms with van der Waals surface area (Å²) in [5.41, 5.74) is 6.56. The summed E-state index contributed by atoms with van der Waals surface area (Å²) in [4.78, 5) is 55.1. The van der Waals surface area contributed by atoms with Crippen LogP contribution in [0, 0.1) is 6.92 Å². The van der Waals surface area contributed by atoms with E-state index in [1.165, 1.54) is 21.5 Å². The predicted molar refractivity (Wildman–Crippen MR) is 231 cm³/mol. The maximum atomic E-state index is 14.3. The molecule has 0 N–H and O–H groups in total. The van der Waals surface area contributed by atoms with Crippen LogP contribution in [0.5, 0.6) is 11.5 Å². The Hall–Kier alpha value is -4.98. The Morgan fingerprint density at radius 2 is 1.74 bits per heavy atom. The van der Waals surface area contributed by atoms with Crippen LogP contribution in [0.3, 0.4) is 0 Å². The zero-order valence-corrected chi connectivity index (χ0v) is 34.6. The van der Waals surface area contributed by atoms with E-state index in [1.807, 2.05) is 96.6 Å². The van der Waals surface area contributed by atoms with Crippen molar-refractivity contribution in [1.82, 2.24) is 19.0 Å². The molecular weight excluding hydrogens is 775 g/mol. The van der Waals surface area contributed by atoms with Crippen LogP contribution in [-0.2, 0) is 6.54 Å². The first-order valence-corrected chi connectivity index (χ1v) is 22.3. The van der Waals surface area contributed by atoms with Gasteiger partial charge in [0.1, 0.15) is 4.70 Å². The van der Waals surface area contributed by atoms with Crippen molar-refractivity contribution in [2.24, 2.45) is 4.99 Å². The number of benzene rings is 3. The van der Waals surface area contributed by atoms with Crippen molar-refractivity contribution in [3.63, 3.8) is 0 Å². The van der Waals surface area contributed by atoms with E-state index < -0.39 is 0 Å². The molecule has 9 rings (SSSR count). The van der Waals surface area contributed by atoms with Gasteiger partial charge in [-0.2, -0.15) is 11.8 Å². The summed E-state index contributed by atoms with van der Waals surface area (Å²) in [5.74, 6) is 3.79. The molecule has 0 radical (unpaired) electrons. The minimum atomic E-state index is -0.340. The van der Waals surface area contributed by atoms with Crippen LogP contribution in [0.1, 0.15) is 75.9 Å². The van der Waals surface area contributed by atoms with Gasteiger partial charge in [0, 0.05) is 57.7 Å².